The van der Waals surface area contributed by atoms with Crippen LogP contribution in [0.2, 0.25) is 0 Å². The molecule has 60 heavy (non-hydrogen) atoms. The Bertz CT molecular complexity index is 2220. The number of hydrogen-bond acceptors (Lipinski definition) is 4. The van der Waals surface area contributed by atoms with Crippen LogP contribution in [0.3, 0.4) is 0 Å². The van der Waals surface area contributed by atoms with Gasteiger partial charge < -0.3 is 26.7 Å². The minimum atomic E-state index is -1.28. The molecule has 0 bridgehead atoms. The van der Waals surface area contributed by atoms with E-state index >= 15 is 0 Å². The van der Waals surface area contributed by atoms with Gasteiger partial charge in [-0.25, -0.2) is 0 Å². The molecule has 9 rings (SSSR count). The van der Waals surface area contributed by atoms with Crippen molar-refractivity contribution in [2.24, 2.45) is 29.6 Å². The molecule has 0 atom stereocenters. The van der Waals surface area contributed by atoms with Gasteiger partial charge in [-0.1, -0.05) is 83.0 Å². The summed E-state index contributed by atoms with van der Waals surface area (Å²) in [4.78, 5) is 40.0. The molecule has 4 saturated carbocycles. The van der Waals surface area contributed by atoms with Gasteiger partial charge in [0.2, 0.25) is 0 Å². The van der Waals surface area contributed by atoms with E-state index in [1.165, 1.54) is 51.4 Å². The molecule has 0 unspecified atom stereocenters. The van der Waals surface area contributed by atoms with E-state index in [2.05, 4.69) is 50.5 Å². The number of aryl methyl sites for hydroxylation is 1. The Balaban J connectivity index is 0.000000283. The van der Waals surface area contributed by atoms with Gasteiger partial charge in [0.1, 0.15) is 0 Å². The van der Waals surface area contributed by atoms with Gasteiger partial charge >= 0.3 is 0 Å². The predicted molar refractivity (Wildman–Crippen MR) is 244 cm³/mol. The zero-order valence-corrected chi connectivity index (χ0v) is 37.3. The summed E-state index contributed by atoms with van der Waals surface area (Å²) in [5.74, 6) is 2.37. The topological polar surface area (TPSA) is 142 Å². The van der Waals surface area contributed by atoms with Crippen LogP contribution in [0.5, 0.6) is 0 Å². The number of aromatic carboxylic acids is 1. The van der Waals surface area contributed by atoms with Crippen molar-refractivity contribution in [3.05, 3.63) is 70.8 Å². The molecule has 5 aromatic carbocycles. The number of carbonyl (C=O) groups excluding carboxylic acids is 3. The van der Waals surface area contributed by atoms with Crippen molar-refractivity contribution >= 4 is 60.7 Å². The lowest BCUT2D eigenvalue weighted by molar-refractivity contribution is -0.426. The Labute approximate surface area is 358 Å². The number of quaternary nitrogens is 2. The van der Waals surface area contributed by atoms with E-state index in [0.717, 1.165) is 119 Å². The quantitative estimate of drug-likeness (QED) is 0.0892. The lowest BCUT2D eigenvalue weighted by atomic mass is 9.79. The third-order valence-electron chi connectivity index (χ3n) is 15.1. The molecule has 7 heteroatoms. The van der Waals surface area contributed by atoms with E-state index in [1.54, 1.807) is 6.07 Å². The molecule has 0 spiro atoms. The Morgan fingerprint density at radius 3 is 1.38 bits per heavy atom. The molecule has 0 saturated heterocycles. The molecule has 0 aliphatic heterocycles. The molecule has 322 valence electrons. The molecule has 4 aliphatic carbocycles. The fraction of sp³-hybridized carbons (Fsp3) is 0.566. The molecule has 4 aliphatic rings. The molecule has 7 N–H and O–H groups in total. The second kappa shape index (κ2) is 19.3. The molecule has 5 aromatic rings. The van der Waals surface area contributed by atoms with E-state index in [9.17, 15) is 19.5 Å². The standard InChI is InChI=1S/C39H41NO4.2C7H15N/c1-21-4-9-24(10-5-21)20-33(41)30-17-14-28-26-13-8-23(3)34-31(38(42)40-25-11-6-22(2)7-12-25)18-15-27(35(26)34)29-16-19-32(39(43)44)37(30)36(28)29;2*1-6-2-4-7(8)5-3-6/h8,13-19,21-22,24-25H,4-7,9-12,20H2,1-3H3,(H,40,42)(H,43,44);2*6-7H,2-5,8H2,1H3/p+1. The van der Waals surface area contributed by atoms with Crippen LogP contribution in [0.25, 0.3) is 43.1 Å². The zero-order valence-electron chi connectivity index (χ0n) is 37.3. The fourth-order valence-electron chi connectivity index (χ4n) is 10.9. The molecule has 0 radical (unpaired) electrons. The Morgan fingerprint density at radius 1 is 0.517 bits per heavy atom. The first kappa shape index (κ1) is 44.0. The van der Waals surface area contributed by atoms with Crippen molar-refractivity contribution in [1.82, 2.24) is 5.32 Å². The van der Waals surface area contributed by atoms with Crippen LogP contribution < -0.4 is 21.9 Å². The first-order chi connectivity index (χ1) is 28.8. The van der Waals surface area contributed by atoms with Crippen molar-refractivity contribution in [3.8, 4) is 0 Å². The number of ketones is 1. The summed E-state index contributed by atoms with van der Waals surface area (Å²) in [6, 6.07) is 17.0. The number of benzene rings is 5. The van der Waals surface area contributed by atoms with Gasteiger partial charge in [0.05, 0.1) is 18.1 Å². The number of fused-ring (bicyclic) bond motifs is 2. The fourth-order valence-corrected chi connectivity index (χ4v) is 10.9. The van der Waals surface area contributed by atoms with Gasteiger partial charge in [-0.3, -0.25) is 9.59 Å². The third-order valence-corrected chi connectivity index (χ3v) is 15.1. The van der Waals surface area contributed by atoms with Crippen LogP contribution in [-0.2, 0) is 0 Å². The second-order valence-electron chi connectivity index (χ2n) is 20.1. The maximum atomic E-state index is 13.8. The van der Waals surface area contributed by atoms with Crippen molar-refractivity contribution in [2.45, 2.75) is 162 Å². The van der Waals surface area contributed by atoms with Crippen LogP contribution in [0, 0.1) is 36.5 Å². The van der Waals surface area contributed by atoms with Crippen LogP contribution in [0.1, 0.15) is 173 Å². The molecular weight excluding hydrogens is 743 g/mol. The largest absolute Gasteiger partial charge is 0.545 e. The van der Waals surface area contributed by atoms with Gasteiger partial charge in [0.15, 0.2) is 5.78 Å². The first-order valence-electron chi connectivity index (χ1n) is 23.7. The normalized spacial score (nSPS) is 27.2. The van der Waals surface area contributed by atoms with Crippen molar-refractivity contribution in [3.63, 3.8) is 0 Å². The Morgan fingerprint density at radius 2 is 0.917 bits per heavy atom. The highest BCUT2D eigenvalue weighted by Gasteiger charge is 2.27. The Hall–Kier alpha value is -4.07. The molecular formula is C53H72N3O4+. The van der Waals surface area contributed by atoms with Crippen LogP contribution in [-0.4, -0.2) is 35.8 Å². The summed E-state index contributed by atoms with van der Waals surface area (Å²) >= 11 is 0. The number of hydrogen-bond donors (Lipinski definition) is 3. The lowest BCUT2D eigenvalue weighted by Gasteiger charge is -2.27. The van der Waals surface area contributed by atoms with E-state index < -0.39 is 5.97 Å². The number of carboxylic acid groups (broad SMARTS) is 1. The summed E-state index contributed by atoms with van der Waals surface area (Å²) in [6.45, 7) is 11.3. The minimum absolute atomic E-state index is 0.000251. The number of carboxylic acids is 1. The van der Waals surface area contributed by atoms with E-state index in [4.69, 9.17) is 0 Å². The van der Waals surface area contributed by atoms with Gasteiger partial charge in [-0.15, -0.1) is 0 Å². The average Bonchev–Trinajstić information content (AvgIpc) is 3.24. The monoisotopic (exact) mass is 815 g/mol. The van der Waals surface area contributed by atoms with Gasteiger partial charge in [0, 0.05) is 34.5 Å². The highest BCUT2D eigenvalue weighted by Crippen LogP contribution is 2.44. The van der Waals surface area contributed by atoms with Crippen LogP contribution >= 0.6 is 0 Å². The van der Waals surface area contributed by atoms with E-state index in [0.29, 0.717) is 40.7 Å². The first-order valence-corrected chi connectivity index (χ1v) is 23.7. The second-order valence-corrected chi connectivity index (χ2v) is 20.1. The molecule has 1 amide bonds. The number of carbonyl (C=O) groups is 3. The van der Waals surface area contributed by atoms with Crippen molar-refractivity contribution in [2.75, 3.05) is 0 Å². The SMILES string of the molecule is CC1CCC([NH3+])CC1.CC1CCC([NH3+])CC1.Cc1ccc2c3ccc(C(=O)CC4CCC(C)CC4)c4c(C(=O)[O-])ccc(c5ccc(C(=O)NC6CCC(C)CC6)c1c52)c43. The van der Waals surface area contributed by atoms with Crippen molar-refractivity contribution in [1.29, 1.82) is 0 Å². The average molecular weight is 815 g/mol. The highest BCUT2D eigenvalue weighted by molar-refractivity contribution is 6.37. The zero-order chi connectivity index (χ0) is 42.7. The van der Waals surface area contributed by atoms with Crippen LogP contribution in [0.15, 0.2) is 48.5 Å². The third kappa shape index (κ3) is 9.84. The number of Topliss-reactive ketones (excluding diaryl/α,β-unsaturated/α-hetero) is 1. The van der Waals surface area contributed by atoms with Crippen LogP contribution in [0.4, 0.5) is 0 Å². The maximum absolute atomic E-state index is 13.8. The summed E-state index contributed by atoms with van der Waals surface area (Å²) < 4.78 is 0. The molecule has 4 fully saturated rings. The number of rotatable bonds is 6. The molecule has 7 nitrogen and oxygen atoms in total. The van der Waals surface area contributed by atoms with Gasteiger partial charge in [0.25, 0.3) is 5.91 Å². The van der Waals surface area contributed by atoms with Gasteiger partial charge in [-0.05, 0) is 176 Å². The smallest absolute Gasteiger partial charge is 0.252 e. The maximum Gasteiger partial charge on any atom is 0.252 e. The number of nitrogens with one attached hydrogen (secondary N) is 1. The predicted octanol–water partition coefficient (Wildman–Crippen LogP) is 9.73. The lowest BCUT2D eigenvalue weighted by Crippen LogP contribution is -2.61. The highest BCUT2D eigenvalue weighted by atomic mass is 16.4. The molecule has 0 heterocycles. The van der Waals surface area contributed by atoms with Crippen molar-refractivity contribution < 1.29 is 31.0 Å². The van der Waals surface area contributed by atoms with Gasteiger partial charge in [-0.2, -0.15) is 0 Å². The summed E-state index contributed by atoms with van der Waals surface area (Å²) in [5.41, 5.74) is 10.3. The minimum Gasteiger partial charge on any atom is -0.545 e. The summed E-state index contributed by atoms with van der Waals surface area (Å²) in [5, 5.41) is 22.6. The summed E-state index contributed by atoms with van der Waals surface area (Å²) in [6.07, 6.45) is 20.1. The Kier molecular flexibility index (Phi) is 14.2. The molecule has 0 aromatic heterocycles. The number of amides is 1. The van der Waals surface area contributed by atoms with E-state index in [-0.39, 0.29) is 23.3 Å². The van der Waals surface area contributed by atoms with E-state index in [1.807, 2.05) is 43.3 Å². The summed E-state index contributed by atoms with van der Waals surface area (Å²) in [7, 11) is 0.